The topological polar surface area (TPSA) is 118 Å². The van der Waals surface area contributed by atoms with Crippen molar-refractivity contribution in [2.45, 2.75) is 4.90 Å². The summed E-state index contributed by atoms with van der Waals surface area (Å²) in [7, 11) is -4.12. The number of hydrogen-bond donors (Lipinski definition) is 2. The fourth-order valence-electron chi connectivity index (χ4n) is 1.64. The number of nitro groups is 1. The van der Waals surface area contributed by atoms with E-state index in [1.807, 2.05) is 27.4 Å². The van der Waals surface area contributed by atoms with E-state index in [4.69, 9.17) is 0 Å². The van der Waals surface area contributed by atoms with E-state index in [2.05, 4.69) is 5.43 Å². The summed E-state index contributed by atoms with van der Waals surface area (Å²) in [6.07, 6.45) is 0. The molecule has 0 bridgehead atoms. The fraction of sp³-hybridized carbons (Fsp3) is 0. The van der Waals surface area contributed by atoms with Gasteiger partial charge in [0, 0.05) is 21.3 Å². The number of rotatable bonds is 5. The Morgan fingerprint density at radius 2 is 1.83 bits per heavy atom. The Bertz CT molecular complexity index is 869. The molecule has 0 aliphatic rings. The highest BCUT2D eigenvalue weighted by atomic mass is 127. The number of nitrogens with one attached hydrogen (secondary N) is 2. The van der Waals surface area contributed by atoms with Crippen LogP contribution < -0.4 is 10.3 Å². The highest BCUT2D eigenvalue weighted by molar-refractivity contribution is 14.1. The van der Waals surface area contributed by atoms with Crippen molar-refractivity contribution in [1.29, 1.82) is 0 Å². The number of non-ortho nitro benzene ring substituents is 1. The van der Waals surface area contributed by atoms with Gasteiger partial charge < -0.3 is 0 Å². The molecule has 8 nitrogen and oxygen atoms in total. The second kappa shape index (κ2) is 7.02. The molecule has 0 radical (unpaired) electrons. The van der Waals surface area contributed by atoms with E-state index in [-0.39, 0.29) is 16.1 Å². The van der Waals surface area contributed by atoms with Crippen LogP contribution in [0, 0.1) is 13.7 Å². The number of carbonyl (C=O) groups excluding carboxylic acids is 1. The van der Waals surface area contributed by atoms with Crippen molar-refractivity contribution in [3.63, 3.8) is 0 Å². The summed E-state index contributed by atoms with van der Waals surface area (Å²) in [5.74, 6) is -0.641. The lowest BCUT2D eigenvalue weighted by molar-refractivity contribution is -0.385. The van der Waals surface area contributed by atoms with Gasteiger partial charge in [0.05, 0.1) is 9.82 Å². The van der Waals surface area contributed by atoms with Crippen LogP contribution in [0.3, 0.4) is 0 Å². The van der Waals surface area contributed by atoms with E-state index in [0.717, 1.165) is 9.64 Å². The first-order valence-corrected chi connectivity index (χ1v) is 8.68. The molecule has 0 heterocycles. The van der Waals surface area contributed by atoms with Crippen molar-refractivity contribution >= 4 is 44.2 Å². The van der Waals surface area contributed by atoms with Crippen molar-refractivity contribution in [3.8, 4) is 0 Å². The van der Waals surface area contributed by atoms with Gasteiger partial charge in [-0.05, 0) is 46.9 Å². The van der Waals surface area contributed by atoms with Crippen molar-refractivity contribution in [1.82, 2.24) is 10.3 Å². The quantitative estimate of drug-likeness (QED) is 0.412. The molecule has 1 amide bonds. The van der Waals surface area contributed by atoms with Gasteiger partial charge in [0.1, 0.15) is 0 Å². The Morgan fingerprint density at radius 3 is 2.48 bits per heavy atom. The summed E-state index contributed by atoms with van der Waals surface area (Å²) < 4.78 is 24.9. The number of carbonyl (C=O) groups is 1. The van der Waals surface area contributed by atoms with Gasteiger partial charge in [-0.1, -0.05) is 12.1 Å². The Morgan fingerprint density at radius 1 is 1.13 bits per heavy atom. The number of nitrogens with zero attached hydrogens (tertiary/aromatic N) is 1. The van der Waals surface area contributed by atoms with Crippen molar-refractivity contribution < 1.29 is 18.1 Å². The van der Waals surface area contributed by atoms with Crippen molar-refractivity contribution in [2.24, 2.45) is 0 Å². The van der Waals surface area contributed by atoms with E-state index < -0.39 is 20.9 Å². The molecule has 0 saturated heterocycles. The second-order valence-corrected chi connectivity index (χ2v) is 7.25. The Kier molecular flexibility index (Phi) is 5.28. The van der Waals surface area contributed by atoms with Gasteiger partial charge in [-0.2, -0.15) is 0 Å². The van der Waals surface area contributed by atoms with Crippen LogP contribution in [0.1, 0.15) is 10.4 Å². The van der Waals surface area contributed by atoms with E-state index in [1.165, 1.54) is 24.3 Å². The van der Waals surface area contributed by atoms with Crippen LogP contribution in [0.2, 0.25) is 0 Å². The molecule has 10 heteroatoms. The third-order valence-corrected chi connectivity index (χ3v) is 4.64. The number of amides is 1. The van der Waals surface area contributed by atoms with E-state index in [9.17, 15) is 23.3 Å². The summed E-state index contributed by atoms with van der Waals surface area (Å²) in [5.41, 5.74) is 1.98. The maximum absolute atomic E-state index is 12.1. The fourth-order valence-corrected chi connectivity index (χ4v) is 3.06. The zero-order valence-corrected chi connectivity index (χ0v) is 14.4. The number of halogens is 1. The van der Waals surface area contributed by atoms with Crippen molar-refractivity contribution in [3.05, 3.63) is 67.8 Å². The predicted octanol–water partition coefficient (Wildman–Crippen LogP) is 1.82. The summed E-state index contributed by atoms with van der Waals surface area (Å²) in [5, 5.41) is 10.7. The third kappa shape index (κ3) is 4.46. The highest BCUT2D eigenvalue weighted by Gasteiger charge is 2.18. The van der Waals surface area contributed by atoms with E-state index in [1.54, 1.807) is 18.2 Å². The summed E-state index contributed by atoms with van der Waals surface area (Å²) in [6, 6.07) is 11.1. The molecule has 2 N–H and O–H groups in total. The molecule has 2 aromatic carbocycles. The van der Waals surface area contributed by atoms with Gasteiger partial charge >= 0.3 is 0 Å². The Balaban J connectivity index is 2.14. The molecule has 0 spiro atoms. The first kappa shape index (κ1) is 17.3. The van der Waals surface area contributed by atoms with E-state index in [0.29, 0.717) is 0 Å². The minimum atomic E-state index is -4.12. The minimum Gasteiger partial charge on any atom is -0.273 e. The molecular formula is C13H10IN3O5S. The molecule has 23 heavy (non-hydrogen) atoms. The molecule has 0 fully saturated rings. The maximum Gasteiger partial charge on any atom is 0.270 e. The van der Waals surface area contributed by atoms with Crippen molar-refractivity contribution in [2.75, 3.05) is 0 Å². The maximum atomic E-state index is 12.1. The molecule has 2 rings (SSSR count). The number of hydrogen-bond acceptors (Lipinski definition) is 5. The lowest BCUT2D eigenvalue weighted by atomic mass is 10.2. The predicted molar refractivity (Wildman–Crippen MR) is 90.0 cm³/mol. The summed E-state index contributed by atoms with van der Waals surface area (Å²) in [4.78, 5) is 23.5. The smallest absolute Gasteiger partial charge is 0.270 e. The molecule has 120 valence electrons. The van der Waals surface area contributed by atoms with Crippen LogP contribution in [0.15, 0.2) is 53.4 Å². The average Bonchev–Trinajstić information content (AvgIpc) is 2.52. The zero-order valence-electron chi connectivity index (χ0n) is 11.4. The molecule has 2 aromatic rings. The lowest BCUT2D eigenvalue weighted by Gasteiger charge is -2.08. The number of benzene rings is 2. The molecule has 0 aliphatic carbocycles. The van der Waals surface area contributed by atoms with Crippen LogP contribution in [-0.4, -0.2) is 19.2 Å². The molecule has 0 aromatic heterocycles. The molecule has 0 atom stereocenters. The highest BCUT2D eigenvalue weighted by Crippen LogP contribution is 2.16. The first-order chi connectivity index (χ1) is 10.8. The summed E-state index contributed by atoms with van der Waals surface area (Å²) in [6.45, 7) is 0. The van der Waals surface area contributed by atoms with Gasteiger partial charge in [-0.3, -0.25) is 20.3 Å². The number of sulfonamides is 1. The van der Waals surface area contributed by atoms with Crippen LogP contribution in [-0.2, 0) is 10.0 Å². The van der Waals surface area contributed by atoms with Crippen LogP contribution in [0.4, 0.5) is 5.69 Å². The Labute approximate surface area is 145 Å². The molecular weight excluding hydrogens is 437 g/mol. The second-order valence-electron chi connectivity index (χ2n) is 4.32. The van der Waals surface area contributed by atoms with Gasteiger partial charge in [0.25, 0.3) is 21.6 Å². The monoisotopic (exact) mass is 447 g/mol. The van der Waals surface area contributed by atoms with Gasteiger partial charge in [0.2, 0.25) is 0 Å². The lowest BCUT2D eigenvalue weighted by Crippen LogP contribution is -2.41. The molecule has 0 unspecified atom stereocenters. The Hall–Kier alpha value is -2.05. The minimum absolute atomic E-state index is 0.277. The third-order valence-electron chi connectivity index (χ3n) is 2.72. The molecule has 0 saturated carbocycles. The summed E-state index contributed by atoms with van der Waals surface area (Å²) >= 11 is 2.02. The SMILES string of the molecule is O=C(NNS(=O)(=O)c1cccc([N+](=O)[O-])c1)c1cccc(I)c1. The van der Waals surface area contributed by atoms with E-state index >= 15 is 0 Å². The van der Waals surface area contributed by atoms with Crippen LogP contribution in [0.25, 0.3) is 0 Å². The largest absolute Gasteiger partial charge is 0.273 e. The van der Waals surface area contributed by atoms with Crippen LogP contribution >= 0.6 is 22.6 Å². The number of nitro benzene ring substituents is 1. The normalized spacial score (nSPS) is 11.0. The average molecular weight is 447 g/mol. The van der Waals surface area contributed by atoms with Gasteiger partial charge in [0.15, 0.2) is 0 Å². The van der Waals surface area contributed by atoms with Crippen LogP contribution in [0.5, 0.6) is 0 Å². The number of hydrazine groups is 1. The molecule has 0 aliphatic heterocycles. The standard InChI is InChI=1S/C13H10IN3O5S/c14-10-4-1-3-9(7-10)13(18)15-16-23(21,22)12-6-2-5-11(8-12)17(19)20/h1-8,16H,(H,15,18). The van der Waals surface area contributed by atoms with Gasteiger partial charge in [-0.25, -0.2) is 8.42 Å². The first-order valence-electron chi connectivity index (χ1n) is 6.12. The van der Waals surface area contributed by atoms with Gasteiger partial charge in [-0.15, -0.1) is 4.83 Å². The zero-order chi connectivity index (χ0) is 17.0.